The van der Waals surface area contributed by atoms with Crippen molar-refractivity contribution < 1.29 is 5.11 Å². The number of hydrogen-bond acceptors (Lipinski definition) is 4. The third kappa shape index (κ3) is 2.25. The molecule has 0 saturated carbocycles. The highest BCUT2D eigenvalue weighted by atomic mass is 16.3. The molecule has 2 rings (SSSR count). The fourth-order valence-corrected chi connectivity index (χ4v) is 2.37. The maximum Gasteiger partial charge on any atom is 0.147 e. The smallest absolute Gasteiger partial charge is 0.147 e. The van der Waals surface area contributed by atoms with E-state index in [0.29, 0.717) is 5.56 Å². The quantitative estimate of drug-likeness (QED) is 0.840. The number of rotatable bonds is 2. The van der Waals surface area contributed by atoms with Gasteiger partial charge in [0.1, 0.15) is 11.9 Å². The zero-order chi connectivity index (χ0) is 12.3. The van der Waals surface area contributed by atoms with Gasteiger partial charge in [-0.25, -0.2) is 4.98 Å². The van der Waals surface area contributed by atoms with Crippen molar-refractivity contribution in [2.24, 2.45) is 0 Å². The summed E-state index contributed by atoms with van der Waals surface area (Å²) in [6.07, 6.45) is 4.93. The first-order valence-electron chi connectivity index (χ1n) is 6.01. The van der Waals surface area contributed by atoms with Crippen molar-refractivity contribution >= 4 is 5.82 Å². The molecule has 0 amide bonds. The van der Waals surface area contributed by atoms with Crippen LogP contribution in [-0.2, 0) is 0 Å². The van der Waals surface area contributed by atoms with Crippen molar-refractivity contribution in [3.63, 3.8) is 0 Å². The fraction of sp³-hybridized carbons (Fsp3) is 0.538. The van der Waals surface area contributed by atoms with Gasteiger partial charge in [0.25, 0.3) is 0 Å². The fourth-order valence-electron chi connectivity index (χ4n) is 2.37. The van der Waals surface area contributed by atoms with E-state index in [4.69, 9.17) is 0 Å². The highest BCUT2D eigenvalue weighted by molar-refractivity contribution is 5.57. The third-order valence-corrected chi connectivity index (χ3v) is 3.36. The number of nitriles is 1. The van der Waals surface area contributed by atoms with Crippen LogP contribution in [0.5, 0.6) is 0 Å². The van der Waals surface area contributed by atoms with E-state index >= 15 is 0 Å². The molecule has 0 radical (unpaired) electrons. The summed E-state index contributed by atoms with van der Waals surface area (Å²) in [5.41, 5.74) is 1.58. The zero-order valence-corrected chi connectivity index (χ0v) is 10.1. The molecule has 1 atom stereocenters. The van der Waals surface area contributed by atoms with E-state index < -0.39 is 0 Å². The average Bonchev–Trinajstić information content (AvgIpc) is 2.38. The van der Waals surface area contributed by atoms with Gasteiger partial charge in [0.2, 0.25) is 0 Å². The molecular formula is C13H17N3O. The maximum absolute atomic E-state index is 9.40. The summed E-state index contributed by atoms with van der Waals surface area (Å²) in [7, 11) is 0. The largest absolute Gasteiger partial charge is 0.394 e. The van der Waals surface area contributed by atoms with Crippen LogP contribution in [0, 0.1) is 18.3 Å². The van der Waals surface area contributed by atoms with Gasteiger partial charge in [-0.2, -0.15) is 5.26 Å². The number of nitrogens with zero attached hydrogens (tertiary/aromatic N) is 3. The summed E-state index contributed by atoms with van der Waals surface area (Å²) in [6.45, 7) is 2.92. The van der Waals surface area contributed by atoms with Crippen LogP contribution in [0.25, 0.3) is 0 Å². The van der Waals surface area contributed by atoms with E-state index in [1.807, 2.05) is 13.0 Å². The lowest BCUT2D eigenvalue weighted by Crippen LogP contribution is -2.42. The summed E-state index contributed by atoms with van der Waals surface area (Å²) >= 11 is 0. The lowest BCUT2D eigenvalue weighted by Gasteiger charge is -2.36. The van der Waals surface area contributed by atoms with E-state index in [2.05, 4.69) is 16.0 Å². The highest BCUT2D eigenvalue weighted by Gasteiger charge is 2.25. The minimum Gasteiger partial charge on any atom is -0.394 e. The van der Waals surface area contributed by atoms with Crippen molar-refractivity contribution in [3.8, 4) is 6.07 Å². The first kappa shape index (κ1) is 11.9. The molecule has 1 saturated heterocycles. The molecule has 1 aromatic heterocycles. The molecule has 4 heteroatoms. The number of aliphatic hydroxyl groups is 1. The van der Waals surface area contributed by atoms with Crippen molar-refractivity contribution in [3.05, 3.63) is 23.4 Å². The molecule has 1 unspecified atom stereocenters. The van der Waals surface area contributed by atoms with Gasteiger partial charge in [0.05, 0.1) is 18.2 Å². The van der Waals surface area contributed by atoms with Crippen LogP contribution in [0.4, 0.5) is 5.82 Å². The molecule has 1 aliphatic heterocycles. The number of anilines is 1. The number of hydrogen-bond donors (Lipinski definition) is 1. The Balaban J connectivity index is 2.38. The second-order valence-corrected chi connectivity index (χ2v) is 4.46. The van der Waals surface area contributed by atoms with E-state index in [9.17, 15) is 10.4 Å². The van der Waals surface area contributed by atoms with Gasteiger partial charge < -0.3 is 10.0 Å². The Kier molecular flexibility index (Phi) is 3.60. The first-order valence-corrected chi connectivity index (χ1v) is 6.01. The lowest BCUT2D eigenvalue weighted by molar-refractivity contribution is 0.239. The van der Waals surface area contributed by atoms with Gasteiger partial charge in [0, 0.05) is 12.7 Å². The summed E-state index contributed by atoms with van der Waals surface area (Å²) in [4.78, 5) is 6.40. The second-order valence-electron chi connectivity index (χ2n) is 4.46. The van der Waals surface area contributed by atoms with Crippen LogP contribution in [-0.4, -0.2) is 29.3 Å². The van der Waals surface area contributed by atoms with Gasteiger partial charge in [-0.3, -0.25) is 0 Å². The number of piperidine rings is 1. The Morgan fingerprint density at radius 1 is 1.59 bits per heavy atom. The van der Waals surface area contributed by atoms with Crippen LogP contribution in [0.15, 0.2) is 12.3 Å². The van der Waals surface area contributed by atoms with E-state index in [1.165, 1.54) is 0 Å². The van der Waals surface area contributed by atoms with Gasteiger partial charge in [-0.05, 0) is 37.8 Å². The standard InChI is InChI=1S/C13H17N3O/c1-10-5-6-15-13(12(10)8-14)16-7-3-2-4-11(16)9-17/h5-6,11,17H,2-4,7,9H2,1H3. The summed E-state index contributed by atoms with van der Waals surface area (Å²) in [6, 6.07) is 4.17. The Morgan fingerprint density at radius 2 is 2.41 bits per heavy atom. The SMILES string of the molecule is Cc1ccnc(N2CCCCC2CO)c1C#N. The third-order valence-electron chi connectivity index (χ3n) is 3.36. The summed E-state index contributed by atoms with van der Waals surface area (Å²) in [5, 5.41) is 18.6. The zero-order valence-electron chi connectivity index (χ0n) is 10.1. The van der Waals surface area contributed by atoms with E-state index in [0.717, 1.165) is 37.2 Å². The molecule has 1 N–H and O–H groups in total. The Hall–Kier alpha value is -1.60. The van der Waals surface area contributed by atoms with Crippen molar-refractivity contribution in [2.45, 2.75) is 32.2 Å². The lowest BCUT2D eigenvalue weighted by atomic mass is 10.0. The molecule has 17 heavy (non-hydrogen) atoms. The summed E-state index contributed by atoms with van der Waals surface area (Å²) < 4.78 is 0. The van der Waals surface area contributed by atoms with Gasteiger partial charge >= 0.3 is 0 Å². The molecule has 2 heterocycles. The minimum atomic E-state index is 0.102. The minimum absolute atomic E-state index is 0.102. The molecular weight excluding hydrogens is 214 g/mol. The maximum atomic E-state index is 9.40. The molecule has 0 bridgehead atoms. The number of aryl methyl sites for hydroxylation is 1. The Labute approximate surface area is 102 Å². The van der Waals surface area contributed by atoms with Gasteiger partial charge in [-0.1, -0.05) is 0 Å². The van der Waals surface area contributed by atoms with Crippen LogP contribution in [0.1, 0.15) is 30.4 Å². The number of aromatic nitrogens is 1. The van der Waals surface area contributed by atoms with Crippen molar-refractivity contribution in [1.29, 1.82) is 5.26 Å². The molecule has 1 aromatic rings. The van der Waals surface area contributed by atoms with E-state index in [1.54, 1.807) is 6.20 Å². The topological polar surface area (TPSA) is 60.1 Å². The number of aliphatic hydroxyl groups excluding tert-OH is 1. The van der Waals surface area contributed by atoms with Crippen LogP contribution >= 0.6 is 0 Å². The Bertz CT molecular complexity index is 439. The highest BCUT2D eigenvalue weighted by Crippen LogP contribution is 2.26. The van der Waals surface area contributed by atoms with Crippen LogP contribution in [0.2, 0.25) is 0 Å². The molecule has 90 valence electrons. The first-order chi connectivity index (χ1) is 8.27. The van der Waals surface area contributed by atoms with Gasteiger partial charge in [0.15, 0.2) is 0 Å². The van der Waals surface area contributed by atoms with Crippen molar-refractivity contribution in [1.82, 2.24) is 4.98 Å². The van der Waals surface area contributed by atoms with Crippen LogP contribution < -0.4 is 4.90 Å². The van der Waals surface area contributed by atoms with Crippen molar-refractivity contribution in [2.75, 3.05) is 18.1 Å². The Morgan fingerprint density at radius 3 is 3.12 bits per heavy atom. The predicted molar refractivity (Wildman–Crippen MR) is 65.8 cm³/mol. The molecule has 1 fully saturated rings. The predicted octanol–water partition coefficient (Wildman–Crippen LogP) is 1.61. The molecule has 1 aliphatic rings. The molecule has 4 nitrogen and oxygen atoms in total. The normalized spacial score (nSPS) is 20.1. The van der Waals surface area contributed by atoms with E-state index in [-0.39, 0.29) is 12.6 Å². The second kappa shape index (κ2) is 5.15. The molecule has 0 aromatic carbocycles. The summed E-state index contributed by atoms with van der Waals surface area (Å²) in [5.74, 6) is 0.728. The van der Waals surface area contributed by atoms with Crippen LogP contribution in [0.3, 0.4) is 0 Å². The number of pyridine rings is 1. The average molecular weight is 231 g/mol. The van der Waals surface area contributed by atoms with Gasteiger partial charge in [-0.15, -0.1) is 0 Å². The monoisotopic (exact) mass is 231 g/mol. The molecule has 0 spiro atoms. The molecule has 0 aliphatic carbocycles.